The molecular weight excluding hydrogens is 182 g/mol. The van der Waals surface area contributed by atoms with Crippen LogP contribution in [0, 0.1) is 0 Å². The molecule has 2 aromatic rings. The van der Waals surface area contributed by atoms with Crippen LogP contribution in [0.25, 0.3) is 16.7 Å². The summed E-state index contributed by atoms with van der Waals surface area (Å²) in [5.74, 6) is 0. The van der Waals surface area contributed by atoms with E-state index in [0.29, 0.717) is 0 Å². The van der Waals surface area contributed by atoms with Gasteiger partial charge in [0.1, 0.15) is 0 Å². The van der Waals surface area contributed by atoms with Crippen LogP contribution in [0.2, 0.25) is 0 Å². The number of hydrogen-bond acceptors (Lipinski definition) is 1. The first-order valence-electron chi connectivity index (χ1n) is 4.95. The highest BCUT2D eigenvalue weighted by Gasteiger charge is 1.99. The molecule has 0 radical (unpaired) electrons. The molecule has 0 unspecified atom stereocenters. The average Bonchev–Trinajstić information content (AvgIpc) is 2.30. The van der Waals surface area contributed by atoms with Crippen LogP contribution in [0.4, 0.5) is 0 Å². The van der Waals surface area contributed by atoms with Crippen LogP contribution in [-0.4, -0.2) is 4.98 Å². The van der Waals surface area contributed by atoms with Crippen LogP contribution in [0.15, 0.2) is 55.2 Å². The number of benzene rings is 1. The van der Waals surface area contributed by atoms with Gasteiger partial charge in [0, 0.05) is 6.20 Å². The SMILES string of the molecule is C=C(C)c1cc(-c2ccccc2)ccn1. The summed E-state index contributed by atoms with van der Waals surface area (Å²) in [5, 5.41) is 0. The summed E-state index contributed by atoms with van der Waals surface area (Å²) in [5.41, 5.74) is 4.34. The zero-order valence-corrected chi connectivity index (χ0v) is 8.77. The molecule has 0 aliphatic heterocycles. The van der Waals surface area contributed by atoms with Crippen molar-refractivity contribution in [1.82, 2.24) is 4.98 Å². The van der Waals surface area contributed by atoms with Gasteiger partial charge in [-0.2, -0.15) is 0 Å². The molecule has 0 aliphatic carbocycles. The molecule has 1 heteroatoms. The first kappa shape index (κ1) is 9.66. The van der Waals surface area contributed by atoms with Crippen molar-refractivity contribution in [3.63, 3.8) is 0 Å². The Kier molecular flexibility index (Phi) is 2.64. The highest BCUT2D eigenvalue weighted by Crippen LogP contribution is 2.20. The molecule has 1 heterocycles. The fourth-order valence-corrected chi connectivity index (χ4v) is 1.47. The first-order valence-corrected chi connectivity index (χ1v) is 4.95. The Labute approximate surface area is 90.1 Å². The van der Waals surface area contributed by atoms with E-state index >= 15 is 0 Å². The monoisotopic (exact) mass is 195 g/mol. The Bertz CT molecular complexity index is 472. The minimum absolute atomic E-state index is 0.955. The number of aromatic nitrogens is 1. The van der Waals surface area contributed by atoms with Crippen molar-refractivity contribution in [3.05, 3.63) is 60.9 Å². The zero-order valence-electron chi connectivity index (χ0n) is 8.77. The molecular formula is C14H13N. The Morgan fingerprint density at radius 1 is 1.07 bits per heavy atom. The van der Waals surface area contributed by atoms with Gasteiger partial charge in [0.25, 0.3) is 0 Å². The zero-order chi connectivity index (χ0) is 10.7. The summed E-state index contributed by atoms with van der Waals surface area (Å²) in [4.78, 5) is 4.26. The predicted molar refractivity (Wildman–Crippen MR) is 64.4 cm³/mol. The van der Waals surface area contributed by atoms with Crippen molar-refractivity contribution < 1.29 is 0 Å². The lowest BCUT2D eigenvalue weighted by atomic mass is 10.1. The van der Waals surface area contributed by atoms with Gasteiger partial charge in [-0.15, -0.1) is 0 Å². The second kappa shape index (κ2) is 4.09. The quantitative estimate of drug-likeness (QED) is 0.710. The molecule has 0 N–H and O–H groups in total. The normalized spacial score (nSPS) is 9.93. The molecule has 0 spiro atoms. The van der Waals surface area contributed by atoms with Crippen LogP contribution < -0.4 is 0 Å². The van der Waals surface area contributed by atoms with E-state index in [0.717, 1.165) is 11.3 Å². The topological polar surface area (TPSA) is 12.9 Å². The number of allylic oxidation sites excluding steroid dienone is 1. The average molecular weight is 195 g/mol. The maximum atomic E-state index is 4.26. The van der Waals surface area contributed by atoms with Gasteiger partial charge in [-0.1, -0.05) is 36.9 Å². The maximum absolute atomic E-state index is 4.26. The van der Waals surface area contributed by atoms with Crippen LogP contribution in [-0.2, 0) is 0 Å². The van der Waals surface area contributed by atoms with E-state index < -0.39 is 0 Å². The lowest BCUT2D eigenvalue weighted by Gasteiger charge is -2.03. The van der Waals surface area contributed by atoms with Gasteiger partial charge < -0.3 is 0 Å². The van der Waals surface area contributed by atoms with Crippen LogP contribution in [0.3, 0.4) is 0 Å². The lowest BCUT2D eigenvalue weighted by Crippen LogP contribution is -1.85. The fraction of sp³-hybridized carbons (Fsp3) is 0.0714. The van der Waals surface area contributed by atoms with E-state index in [4.69, 9.17) is 0 Å². The Morgan fingerprint density at radius 2 is 1.80 bits per heavy atom. The van der Waals surface area contributed by atoms with Gasteiger partial charge in [0.05, 0.1) is 5.69 Å². The van der Waals surface area contributed by atoms with E-state index in [1.165, 1.54) is 11.1 Å². The van der Waals surface area contributed by atoms with Gasteiger partial charge >= 0.3 is 0 Å². The van der Waals surface area contributed by atoms with Gasteiger partial charge in [-0.3, -0.25) is 4.98 Å². The van der Waals surface area contributed by atoms with Gasteiger partial charge in [0.15, 0.2) is 0 Å². The molecule has 0 saturated carbocycles. The fourth-order valence-electron chi connectivity index (χ4n) is 1.47. The van der Waals surface area contributed by atoms with E-state index in [1.54, 1.807) is 0 Å². The van der Waals surface area contributed by atoms with Crippen molar-refractivity contribution >= 4 is 5.57 Å². The minimum atomic E-state index is 0.955. The molecule has 0 aliphatic rings. The summed E-state index contributed by atoms with van der Waals surface area (Å²) >= 11 is 0. The molecule has 0 atom stereocenters. The number of nitrogens with zero attached hydrogens (tertiary/aromatic N) is 1. The number of pyridine rings is 1. The number of rotatable bonds is 2. The Hall–Kier alpha value is -1.89. The molecule has 0 bridgehead atoms. The van der Waals surface area contributed by atoms with Gasteiger partial charge in [0.2, 0.25) is 0 Å². The molecule has 15 heavy (non-hydrogen) atoms. The smallest absolute Gasteiger partial charge is 0.0659 e. The summed E-state index contributed by atoms with van der Waals surface area (Å²) < 4.78 is 0. The lowest BCUT2D eigenvalue weighted by molar-refractivity contribution is 1.27. The van der Waals surface area contributed by atoms with Gasteiger partial charge in [-0.25, -0.2) is 0 Å². The van der Waals surface area contributed by atoms with Crippen LogP contribution in [0.1, 0.15) is 12.6 Å². The summed E-state index contributed by atoms with van der Waals surface area (Å²) in [6.45, 7) is 5.87. The maximum Gasteiger partial charge on any atom is 0.0659 e. The van der Waals surface area contributed by atoms with E-state index in [1.807, 2.05) is 37.4 Å². The molecule has 0 fully saturated rings. The molecule has 1 aromatic carbocycles. The summed E-state index contributed by atoms with van der Waals surface area (Å²) in [7, 11) is 0. The van der Waals surface area contributed by atoms with Crippen molar-refractivity contribution in [2.75, 3.05) is 0 Å². The van der Waals surface area contributed by atoms with E-state index in [9.17, 15) is 0 Å². The van der Waals surface area contributed by atoms with Gasteiger partial charge in [-0.05, 0) is 35.8 Å². The standard InChI is InChI=1S/C14H13N/c1-11(2)14-10-13(8-9-15-14)12-6-4-3-5-7-12/h3-10H,1H2,2H3. The Balaban J connectivity index is 2.46. The van der Waals surface area contributed by atoms with Crippen molar-refractivity contribution in [2.24, 2.45) is 0 Å². The molecule has 74 valence electrons. The molecule has 2 rings (SSSR count). The molecule has 0 amide bonds. The van der Waals surface area contributed by atoms with E-state index in [2.05, 4.69) is 29.8 Å². The summed E-state index contributed by atoms with van der Waals surface area (Å²) in [6, 6.07) is 14.4. The largest absolute Gasteiger partial charge is 0.257 e. The third-order valence-corrected chi connectivity index (χ3v) is 2.30. The molecule has 1 aromatic heterocycles. The van der Waals surface area contributed by atoms with Crippen LogP contribution in [0.5, 0.6) is 0 Å². The minimum Gasteiger partial charge on any atom is -0.257 e. The first-order chi connectivity index (χ1) is 7.27. The molecule has 1 nitrogen and oxygen atoms in total. The number of hydrogen-bond donors (Lipinski definition) is 0. The highest BCUT2D eigenvalue weighted by molar-refractivity contribution is 5.68. The second-order valence-corrected chi connectivity index (χ2v) is 3.58. The van der Waals surface area contributed by atoms with Crippen LogP contribution >= 0.6 is 0 Å². The summed E-state index contributed by atoms with van der Waals surface area (Å²) in [6.07, 6.45) is 1.83. The molecule has 0 saturated heterocycles. The van der Waals surface area contributed by atoms with Crippen molar-refractivity contribution in [2.45, 2.75) is 6.92 Å². The van der Waals surface area contributed by atoms with Crippen molar-refractivity contribution in [1.29, 1.82) is 0 Å². The predicted octanol–water partition coefficient (Wildman–Crippen LogP) is 3.78. The third-order valence-electron chi connectivity index (χ3n) is 2.30. The second-order valence-electron chi connectivity index (χ2n) is 3.58. The van der Waals surface area contributed by atoms with E-state index in [-0.39, 0.29) is 0 Å². The van der Waals surface area contributed by atoms with Crippen molar-refractivity contribution in [3.8, 4) is 11.1 Å². The third kappa shape index (κ3) is 2.13. The Morgan fingerprint density at radius 3 is 2.47 bits per heavy atom. The highest BCUT2D eigenvalue weighted by atomic mass is 14.7.